The maximum Gasteiger partial charge on any atom is 0.145 e. The van der Waals surface area contributed by atoms with Crippen LogP contribution in [-0.2, 0) is 17.6 Å². The van der Waals surface area contributed by atoms with Crippen LogP contribution >= 0.6 is 11.8 Å². The molecule has 0 aliphatic carbocycles. The molecule has 1 heterocycles. The molecule has 0 fully saturated rings. The molecule has 0 radical (unpaired) electrons. The lowest BCUT2D eigenvalue weighted by molar-refractivity contribution is 0.126. The summed E-state index contributed by atoms with van der Waals surface area (Å²) in [7, 11) is 3.59. The number of hydrogen-bond donors (Lipinski definition) is 2. The molecule has 1 aromatic heterocycles. The second-order valence-electron chi connectivity index (χ2n) is 9.06. The highest BCUT2D eigenvalue weighted by molar-refractivity contribution is 8.01. The zero-order chi connectivity index (χ0) is 28.3. The topological polar surface area (TPSA) is 103 Å². The third-order valence-corrected chi connectivity index (χ3v) is 6.37. The molecule has 0 spiro atoms. The lowest BCUT2D eigenvalue weighted by Crippen LogP contribution is -2.26. The molecule has 38 heavy (non-hydrogen) atoms. The van der Waals surface area contributed by atoms with E-state index in [9.17, 15) is 0 Å². The average molecular weight is 545 g/mol. The largest absolute Gasteiger partial charge is 0.360 e. The number of methoxy groups -OCH3 is 1. The summed E-state index contributed by atoms with van der Waals surface area (Å²) in [6, 6.07) is -0.345. The van der Waals surface area contributed by atoms with Crippen LogP contribution in [0.15, 0.2) is 43.4 Å². The molecule has 0 saturated heterocycles. The van der Waals surface area contributed by atoms with Crippen LogP contribution in [0.3, 0.4) is 0 Å². The Balaban J connectivity index is 3.23. The van der Waals surface area contributed by atoms with Crippen LogP contribution in [0.2, 0.25) is 0 Å². The molecule has 0 saturated carbocycles. The van der Waals surface area contributed by atoms with Gasteiger partial charge in [0.25, 0.3) is 0 Å². The molecule has 10 heteroatoms. The maximum absolute atomic E-state index is 5.42. The first-order chi connectivity index (χ1) is 18.3. The first kappa shape index (κ1) is 33.3. The van der Waals surface area contributed by atoms with E-state index in [1.807, 2.05) is 56.7 Å². The average Bonchev–Trinajstić information content (AvgIpc) is 3.29. The standard InChI is InChI=1S/C28H48N8OS/c1-10-12-13-15-24-25(14-11-2)34-35-28(24)32-20-31-26(16-17-38-9)27(33-23(5)37-8)18-30-22(4)36(7)19-21(3)29-6/h16-20,22-23,26H,6,10-15H2,1-5,7-9H3,(H2,31,32,34,35)/b17-16+,21-19-,30-18-,33-27+. The summed E-state index contributed by atoms with van der Waals surface area (Å²) in [5, 5.41) is 13.1. The van der Waals surface area contributed by atoms with Gasteiger partial charge in [-0.3, -0.25) is 25.1 Å². The molecule has 0 aliphatic rings. The monoisotopic (exact) mass is 544 g/mol. The van der Waals surface area contributed by atoms with Crippen LogP contribution in [0.5, 0.6) is 0 Å². The van der Waals surface area contributed by atoms with Crippen LogP contribution in [0.25, 0.3) is 0 Å². The van der Waals surface area contributed by atoms with E-state index in [0.717, 1.165) is 42.9 Å². The lowest BCUT2D eigenvalue weighted by atomic mass is 10.0. The number of ether oxygens (including phenoxy) is 1. The third-order valence-electron chi connectivity index (χ3n) is 5.94. The van der Waals surface area contributed by atoms with Crippen LogP contribution in [0, 0.1) is 0 Å². The number of H-pyrrole nitrogens is 1. The molecule has 1 aromatic rings. The van der Waals surface area contributed by atoms with Gasteiger partial charge in [-0.2, -0.15) is 5.10 Å². The number of unbranched alkanes of at least 4 members (excludes halogenated alkanes) is 2. The van der Waals surface area contributed by atoms with Gasteiger partial charge in [0.05, 0.1) is 23.4 Å². The first-order valence-electron chi connectivity index (χ1n) is 13.4. The van der Waals surface area contributed by atoms with Crippen molar-refractivity contribution in [1.82, 2.24) is 15.1 Å². The number of nitrogens with one attached hydrogen (secondary N) is 2. The number of anilines is 1. The van der Waals surface area contributed by atoms with E-state index in [1.165, 1.54) is 18.4 Å². The van der Waals surface area contributed by atoms with Crippen LogP contribution in [0.4, 0.5) is 5.82 Å². The van der Waals surface area contributed by atoms with Crippen molar-refractivity contribution in [3.8, 4) is 0 Å². The smallest absolute Gasteiger partial charge is 0.145 e. The Labute approximate surface area is 234 Å². The molecular weight excluding hydrogens is 496 g/mol. The van der Waals surface area contributed by atoms with Crippen molar-refractivity contribution in [1.29, 1.82) is 0 Å². The Kier molecular flexibility index (Phi) is 17.0. The fraction of sp³-hybridized carbons (Fsp3) is 0.607. The van der Waals surface area contributed by atoms with Crippen LogP contribution in [-0.4, -0.2) is 78.9 Å². The molecule has 0 aromatic carbocycles. The number of aliphatic imine (C=N–C) groups is 4. The highest BCUT2D eigenvalue weighted by Crippen LogP contribution is 2.20. The number of allylic oxidation sites excluding steroid dienone is 1. The summed E-state index contributed by atoms with van der Waals surface area (Å²) in [6.45, 7) is 13.8. The fourth-order valence-electron chi connectivity index (χ4n) is 3.53. The molecule has 0 amide bonds. The second-order valence-corrected chi connectivity index (χ2v) is 9.80. The predicted octanol–water partition coefficient (Wildman–Crippen LogP) is 6.12. The van der Waals surface area contributed by atoms with Crippen molar-refractivity contribution in [3.05, 3.63) is 34.6 Å². The van der Waals surface area contributed by atoms with Gasteiger partial charge in [-0.25, -0.2) is 0 Å². The summed E-state index contributed by atoms with van der Waals surface area (Å²) >= 11 is 1.61. The first-order valence-corrected chi connectivity index (χ1v) is 14.6. The molecule has 0 aliphatic heterocycles. The Morgan fingerprint density at radius 2 is 1.97 bits per heavy atom. The molecule has 3 atom stereocenters. The minimum atomic E-state index is -0.345. The van der Waals surface area contributed by atoms with Gasteiger partial charge in [0, 0.05) is 32.1 Å². The number of aromatic amines is 1. The number of thioether (sulfide) groups is 1. The number of nitrogens with zero attached hydrogens (tertiary/aromatic N) is 6. The van der Waals surface area contributed by atoms with Gasteiger partial charge in [0.15, 0.2) is 0 Å². The van der Waals surface area contributed by atoms with E-state index < -0.39 is 0 Å². The molecule has 1 rings (SSSR count). The summed E-state index contributed by atoms with van der Waals surface area (Å²) in [5.41, 5.74) is 3.91. The SMILES string of the molecule is C=N/C(C)=C\N(C)C(C)/N=C\C(=N/C(C)OC)C(/C=C/SC)/N=C/Nc1[nH]nc(CCC)c1CCCCC. The van der Waals surface area contributed by atoms with Crippen molar-refractivity contribution in [3.63, 3.8) is 0 Å². The molecule has 212 valence electrons. The lowest BCUT2D eigenvalue weighted by Gasteiger charge is -2.20. The second kappa shape index (κ2) is 19.4. The van der Waals surface area contributed by atoms with Crippen molar-refractivity contribution >= 4 is 42.6 Å². The third kappa shape index (κ3) is 12.2. The Hall–Kier alpha value is -2.72. The van der Waals surface area contributed by atoms with Gasteiger partial charge in [0.1, 0.15) is 24.3 Å². The van der Waals surface area contributed by atoms with Crippen LogP contribution in [0.1, 0.15) is 71.6 Å². The molecular formula is C28H48N8OS. The van der Waals surface area contributed by atoms with Gasteiger partial charge < -0.3 is 15.0 Å². The van der Waals surface area contributed by atoms with Crippen LogP contribution < -0.4 is 5.32 Å². The summed E-state index contributed by atoms with van der Waals surface area (Å²) in [4.78, 5) is 20.2. The van der Waals surface area contributed by atoms with E-state index in [2.05, 4.69) is 41.1 Å². The number of aromatic nitrogens is 2. The fourth-order valence-corrected chi connectivity index (χ4v) is 3.83. The van der Waals surface area contributed by atoms with Crippen molar-refractivity contribution in [2.24, 2.45) is 20.0 Å². The summed E-state index contributed by atoms with van der Waals surface area (Å²) in [6.07, 6.45) is 15.5. The minimum absolute atomic E-state index is 0.130. The van der Waals surface area contributed by atoms with E-state index in [0.29, 0.717) is 5.71 Å². The quantitative estimate of drug-likeness (QED) is 0.124. The number of aryl methyl sites for hydroxylation is 1. The van der Waals surface area contributed by atoms with E-state index in [-0.39, 0.29) is 18.4 Å². The Morgan fingerprint density at radius 3 is 2.61 bits per heavy atom. The van der Waals surface area contributed by atoms with Crippen molar-refractivity contribution in [2.75, 3.05) is 25.7 Å². The van der Waals surface area contributed by atoms with Gasteiger partial charge in [-0.1, -0.05) is 33.1 Å². The molecule has 0 bridgehead atoms. The Bertz CT molecular complexity index is 966. The van der Waals surface area contributed by atoms with Gasteiger partial charge >= 0.3 is 0 Å². The summed E-state index contributed by atoms with van der Waals surface area (Å²) in [5.74, 6) is 0.909. The normalized spacial score (nSPS) is 15.5. The van der Waals surface area contributed by atoms with Crippen molar-refractivity contribution in [2.45, 2.75) is 91.6 Å². The minimum Gasteiger partial charge on any atom is -0.360 e. The highest BCUT2D eigenvalue weighted by atomic mass is 32.2. The van der Waals surface area contributed by atoms with Gasteiger partial charge in [0.2, 0.25) is 0 Å². The highest BCUT2D eigenvalue weighted by Gasteiger charge is 2.14. The van der Waals surface area contributed by atoms with E-state index in [4.69, 9.17) is 19.7 Å². The maximum atomic E-state index is 5.42. The van der Waals surface area contributed by atoms with Gasteiger partial charge in [-0.05, 0) is 64.5 Å². The number of hydrogen-bond acceptors (Lipinski definition) is 8. The van der Waals surface area contributed by atoms with E-state index in [1.54, 1.807) is 31.4 Å². The molecule has 2 N–H and O–H groups in total. The molecule has 9 nitrogen and oxygen atoms in total. The van der Waals surface area contributed by atoms with Gasteiger partial charge in [-0.15, -0.1) is 11.8 Å². The summed E-state index contributed by atoms with van der Waals surface area (Å²) < 4.78 is 5.42. The zero-order valence-electron chi connectivity index (χ0n) is 24.6. The molecule has 3 unspecified atom stereocenters. The zero-order valence-corrected chi connectivity index (χ0v) is 25.4. The van der Waals surface area contributed by atoms with Crippen molar-refractivity contribution < 1.29 is 4.74 Å². The predicted molar refractivity (Wildman–Crippen MR) is 167 cm³/mol. The number of rotatable bonds is 19. The Morgan fingerprint density at radius 1 is 1.21 bits per heavy atom. The van der Waals surface area contributed by atoms with E-state index >= 15 is 0 Å².